The lowest BCUT2D eigenvalue weighted by Gasteiger charge is -2.12. The summed E-state index contributed by atoms with van der Waals surface area (Å²) >= 11 is 0. The molecule has 1 heterocycles. The molecule has 1 aliphatic carbocycles. The highest BCUT2D eigenvalue weighted by molar-refractivity contribution is 5.98. The van der Waals surface area contributed by atoms with Gasteiger partial charge in [-0.2, -0.15) is 0 Å². The van der Waals surface area contributed by atoms with E-state index in [4.69, 9.17) is 5.11 Å². The molecule has 1 aliphatic rings. The van der Waals surface area contributed by atoms with Gasteiger partial charge in [-0.3, -0.25) is 0 Å². The topological polar surface area (TPSA) is 91.3 Å². The molecule has 96 valence electrons. The number of amides is 2. The first-order chi connectivity index (χ1) is 8.50. The number of rotatable bonds is 4. The van der Waals surface area contributed by atoms with Gasteiger partial charge in [0.2, 0.25) is 0 Å². The highest BCUT2D eigenvalue weighted by Crippen LogP contribution is 2.43. The summed E-state index contributed by atoms with van der Waals surface area (Å²) in [6.07, 6.45) is 3.60. The number of pyridine rings is 1. The van der Waals surface area contributed by atoms with Gasteiger partial charge >= 0.3 is 12.0 Å². The van der Waals surface area contributed by atoms with Crippen LogP contribution in [-0.2, 0) is 0 Å². The summed E-state index contributed by atoms with van der Waals surface area (Å²) in [5, 5.41) is 14.1. The van der Waals surface area contributed by atoms with Crippen LogP contribution in [-0.4, -0.2) is 28.6 Å². The molecule has 0 unspecified atom stereocenters. The Morgan fingerprint density at radius 2 is 2.22 bits per heavy atom. The van der Waals surface area contributed by atoms with Gasteiger partial charge in [0.05, 0.1) is 5.69 Å². The van der Waals surface area contributed by atoms with Crippen molar-refractivity contribution in [2.45, 2.75) is 19.8 Å². The zero-order valence-corrected chi connectivity index (χ0v) is 10.1. The summed E-state index contributed by atoms with van der Waals surface area (Å²) in [6.45, 7) is 2.70. The number of nitrogens with one attached hydrogen (secondary N) is 2. The van der Waals surface area contributed by atoms with E-state index in [0.29, 0.717) is 6.54 Å². The molecule has 18 heavy (non-hydrogen) atoms. The quantitative estimate of drug-likeness (QED) is 0.757. The number of aromatic nitrogens is 1. The van der Waals surface area contributed by atoms with Gasteiger partial charge in [-0.25, -0.2) is 14.6 Å². The molecule has 1 aromatic heterocycles. The monoisotopic (exact) mass is 249 g/mol. The van der Waals surface area contributed by atoms with Crippen molar-refractivity contribution in [3.05, 3.63) is 24.0 Å². The predicted octanol–water partition coefficient (Wildman–Crippen LogP) is 1.70. The van der Waals surface area contributed by atoms with Crippen LogP contribution in [0.5, 0.6) is 0 Å². The van der Waals surface area contributed by atoms with Crippen molar-refractivity contribution in [3.8, 4) is 0 Å². The number of carboxylic acid groups (broad SMARTS) is 1. The van der Waals surface area contributed by atoms with Gasteiger partial charge in [0.25, 0.3) is 0 Å². The fourth-order valence-corrected chi connectivity index (χ4v) is 1.53. The van der Waals surface area contributed by atoms with E-state index in [1.165, 1.54) is 12.3 Å². The van der Waals surface area contributed by atoms with Crippen molar-refractivity contribution >= 4 is 17.7 Å². The molecule has 2 rings (SSSR count). The molecular weight excluding hydrogens is 234 g/mol. The maximum atomic E-state index is 11.6. The summed E-state index contributed by atoms with van der Waals surface area (Å²) in [6, 6.07) is 2.68. The molecule has 0 aromatic carbocycles. The van der Waals surface area contributed by atoms with E-state index in [1.807, 2.05) is 0 Å². The van der Waals surface area contributed by atoms with Crippen LogP contribution in [0.2, 0.25) is 0 Å². The summed E-state index contributed by atoms with van der Waals surface area (Å²) in [5.74, 6) is -1.17. The molecule has 0 atom stereocenters. The largest absolute Gasteiger partial charge is 0.476 e. The van der Waals surface area contributed by atoms with E-state index in [9.17, 15) is 9.59 Å². The van der Waals surface area contributed by atoms with Crippen molar-refractivity contribution in [1.82, 2.24) is 10.3 Å². The van der Waals surface area contributed by atoms with Gasteiger partial charge in [-0.05, 0) is 30.4 Å². The number of hydrogen-bond acceptors (Lipinski definition) is 3. The number of anilines is 1. The maximum absolute atomic E-state index is 11.6. The van der Waals surface area contributed by atoms with Gasteiger partial charge in [0.15, 0.2) is 5.69 Å². The third kappa shape index (κ3) is 2.97. The van der Waals surface area contributed by atoms with Gasteiger partial charge in [0, 0.05) is 12.7 Å². The Morgan fingerprint density at radius 3 is 2.83 bits per heavy atom. The molecule has 0 spiro atoms. The number of urea groups is 1. The van der Waals surface area contributed by atoms with E-state index in [-0.39, 0.29) is 16.8 Å². The normalized spacial score (nSPS) is 15.8. The molecule has 1 saturated carbocycles. The fourth-order valence-electron chi connectivity index (χ4n) is 1.53. The number of hydrogen-bond donors (Lipinski definition) is 3. The molecular formula is C12H15N3O3. The first-order valence-corrected chi connectivity index (χ1v) is 5.73. The first kappa shape index (κ1) is 12.3. The highest BCUT2D eigenvalue weighted by atomic mass is 16.4. The number of carbonyl (C=O) groups is 2. The van der Waals surface area contributed by atoms with E-state index >= 15 is 0 Å². The minimum absolute atomic E-state index is 0.162. The lowest BCUT2D eigenvalue weighted by atomic mass is 10.1. The summed E-state index contributed by atoms with van der Waals surface area (Å²) in [7, 11) is 0. The third-order valence-electron chi connectivity index (χ3n) is 3.04. The van der Waals surface area contributed by atoms with Gasteiger partial charge in [0.1, 0.15) is 0 Å². The van der Waals surface area contributed by atoms with Gasteiger partial charge < -0.3 is 15.7 Å². The molecule has 0 radical (unpaired) electrons. The first-order valence-electron chi connectivity index (χ1n) is 5.73. The van der Waals surface area contributed by atoms with E-state index in [1.54, 1.807) is 6.07 Å². The Balaban J connectivity index is 1.96. The average Bonchev–Trinajstić information content (AvgIpc) is 3.06. The third-order valence-corrected chi connectivity index (χ3v) is 3.04. The van der Waals surface area contributed by atoms with Crippen LogP contribution in [0.15, 0.2) is 18.3 Å². The molecule has 0 bridgehead atoms. The Hall–Kier alpha value is -2.11. The standard InChI is InChI=1S/C12H15N3O3/c1-12(4-5-12)7-14-11(18)15-8-3-2-6-13-9(8)10(16)17/h2-3,6H,4-5,7H2,1H3,(H,16,17)(H2,14,15,18). The number of carbonyl (C=O) groups excluding carboxylic acids is 1. The lowest BCUT2D eigenvalue weighted by Crippen LogP contribution is -2.33. The zero-order valence-electron chi connectivity index (χ0n) is 10.1. The average molecular weight is 249 g/mol. The van der Waals surface area contributed by atoms with Crippen molar-refractivity contribution in [2.75, 3.05) is 11.9 Å². The van der Waals surface area contributed by atoms with Gasteiger partial charge in [-0.1, -0.05) is 6.92 Å². The van der Waals surface area contributed by atoms with E-state index in [2.05, 4.69) is 22.5 Å². The van der Waals surface area contributed by atoms with Crippen LogP contribution >= 0.6 is 0 Å². The number of carboxylic acids is 1. The molecule has 6 heteroatoms. The molecule has 3 N–H and O–H groups in total. The predicted molar refractivity (Wildman–Crippen MR) is 65.6 cm³/mol. The second-order valence-electron chi connectivity index (χ2n) is 4.82. The van der Waals surface area contributed by atoms with Crippen LogP contribution in [0.3, 0.4) is 0 Å². The van der Waals surface area contributed by atoms with Crippen LogP contribution in [0.25, 0.3) is 0 Å². The minimum Gasteiger partial charge on any atom is -0.476 e. The van der Waals surface area contributed by atoms with E-state index < -0.39 is 12.0 Å². The SMILES string of the molecule is CC1(CNC(=O)Nc2cccnc2C(=O)O)CC1. The molecule has 1 fully saturated rings. The van der Waals surface area contributed by atoms with Crippen molar-refractivity contribution in [3.63, 3.8) is 0 Å². The Kier molecular flexibility index (Phi) is 3.18. The van der Waals surface area contributed by atoms with Crippen LogP contribution in [0.4, 0.5) is 10.5 Å². The van der Waals surface area contributed by atoms with E-state index in [0.717, 1.165) is 12.8 Å². The smallest absolute Gasteiger partial charge is 0.356 e. The Bertz CT molecular complexity index is 483. The maximum Gasteiger partial charge on any atom is 0.356 e. The van der Waals surface area contributed by atoms with Crippen molar-refractivity contribution < 1.29 is 14.7 Å². The second-order valence-corrected chi connectivity index (χ2v) is 4.82. The van der Waals surface area contributed by atoms with Crippen molar-refractivity contribution in [2.24, 2.45) is 5.41 Å². The molecule has 1 aromatic rings. The van der Waals surface area contributed by atoms with Crippen LogP contribution in [0.1, 0.15) is 30.3 Å². The Morgan fingerprint density at radius 1 is 1.50 bits per heavy atom. The number of aromatic carboxylic acids is 1. The lowest BCUT2D eigenvalue weighted by molar-refractivity contribution is 0.0692. The minimum atomic E-state index is -1.17. The van der Waals surface area contributed by atoms with Gasteiger partial charge in [-0.15, -0.1) is 0 Å². The van der Waals surface area contributed by atoms with Crippen molar-refractivity contribution in [1.29, 1.82) is 0 Å². The van der Waals surface area contributed by atoms with Crippen LogP contribution < -0.4 is 10.6 Å². The summed E-state index contributed by atoms with van der Waals surface area (Å²) < 4.78 is 0. The molecule has 6 nitrogen and oxygen atoms in total. The Labute approximate surface area is 104 Å². The summed E-state index contributed by atoms with van der Waals surface area (Å²) in [5.41, 5.74) is 0.246. The fraction of sp³-hybridized carbons (Fsp3) is 0.417. The molecule has 0 aliphatic heterocycles. The highest BCUT2D eigenvalue weighted by Gasteiger charge is 2.37. The molecule has 2 amide bonds. The summed E-state index contributed by atoms with van der Waals surface area (Å²) in [4.78, 5) is 26.2. The number of nitrogens with zero attached hydrogens (tertiary/aromatic N) is 1. The zero-order chi connectivity index (χ0) is 13.2. The second kappa shape index (κ2) is 4.64. The molecule has 0 saturated heterocycles. The van der Waals surface area contributed by atoms with Crippen LogP contribution in [0, 0.1) is 5.41 Å².